The lowest BCUT2D eigenvalue weighted by Gasteiger charge is -2.25. The Morgan fingerprint density at radius 1 is 0.854 bits per heavy atom. The van der Waals surface area contributed by atoms with Crippen molar-refractivity contribution in [2.24, 2.45) is 5.92 Å². The van der Waals surface area contributed by atoms with Crippen LogP contribution < -0.4 is 10.6 Å². The van der Waals surface area contributed by atoms with E-state index in [0.29, 0.717) is 39.4 Å². The van der Waals surface area contributed by atoms with E-state index in [-0.39, 0.29) is 43.4 Å². The number of ketones is 1. The molecule has 0 radical (unpaired) electrons. The van der Waals surface area contributed by atoms with E-state index in [2.05, 4.69) is 32.7 Å². The number of carbonyl (C=O) groups excluding carboxylic acids is 3. The van der Waals surface area contributed by atoms with Crippen LogP contribution in [0.3, 0.4) is 0 Å². The van der Waals surface area contributed by atoms with Gasteiger partial charge in [-0.15, -0.1) is 22.7 Å². The molecule has 258 valence electrons. The average Bonchev–Trinajstić information content (AvgIpc) is 3.83. The number of alkyl carbamates (subject to hydrolysis) is 1. The number of halogens is 1. The van der Waals surface area contributed by atoms with Crippen molar-refractivity contribution in [2.75, 3.05) is 27.9 Å². The van der Waals surface area contributed by atoms with E-state index in [1.165, 1.54) is 34.7 Å². The number of ether oxygens (including phenoxy) is 2. The third-order valence-electron chi connectivity index (χ3n) is 7.50. The first-order chi connectivity index (χ1) is 23.4. The standard InChI is InChI=1S/C34H41N5O5S2.CH3F/c1-39(20-29-18-35-23-45-29)33(41)38-31(22-43-2)32(40)17-27(15-25-9-5-3-6-10-25)13-14-28(16-26-11-7-4-8-12-26)37-34(42)44-21-30-19-36-24-46-30;1-2/h3-12,18-19,23-24,27-28,31H,13-17,20-22H2,1-2H3,(H,37,42)(H,38,41);1H3/t27-,28-,31+;/m1./s1. The number of urea groups is 1. The minimum atomic E-state index is -0.792. The fourth-order valence-corrected chi connectivity index (χ4v) is 6.29. The zero-order chi connectivity index (χ0) is 34.6. The van der Waals surface area contributed by atoms with Gasteiger partial charge in [-0.25, -0.2) is 9.59 Å². The molecule has 0 unspecified atom stereocenters. The molecule has 0 fully saturated rings. The van der Waals surface area contributed by atoms with Crippen LogP contribution in [-0.4, -0.2) is 72.8 Å². The highest BCUT2D eigenvalue weighted by Gasteiger charge is 2.26. The fourth-order valence-electron chi connectivity index (χ4n) is 5.14. The van der Waals surface area contributed by atoms with Crippen LogP contribution in [0.4, 0.5) is 14.0 Å². The van der Waals surface area contributed by atoms with Gasteiger partial charge in [0.2, 0.25) is 0 Å². The number of hydrogen-bond acceptors (Lipinski definition) is 9. The van der Waals surface area contributed by atoms with Crippen molar-refractivity contribution in [1.82, 2.24) is 25.5 Å². The summed E-state index contributed by atoms with van der Waals surface area (Å²) < 4.78 is 20.3. The Morgan fingerprint density at radius 3 is 2.04 bits per heavy atom. The van der Waals surface area contributed by atoms with Crippen LogP contribution >= 0.6 is 22.7 Å². The van der Waals surface area contributed by atoms with Crippen LogP contribution in [0.15, 0.2) is 84.1 Å². The molecule has 0 bridgehead atoms. The molecule has 4 rings (SSSR count). The molecule has 0 saturated heterocycles. The molecular formula is C35H44FN5O5S2. The number of Topliss-reactive ketones (excluding diaryl/α,β-unsaturated/α-hetero) is 1. The maximum absolute atomic E-state index is 13.7. The second-order valence-electron chi connectivity index (χ2n) is 11.2. The number of thiazole rings is 2. The van der Waals surface area contributed by atoms with Gasteiger partial charge in [0.25, 0.3) is 0 Å². The molecule has 0 aliphatic rings. The molecule has 0 aliphatic carbocycles. The summed E-state index contributed by atoms with van der Waals surface area (Å²) in [5.41, 5.74) is 5.63. The first-order valence-corrected chi connectivity index (χ1v) is 17.3. The number of carbonyl (C=O) groups is 3. The summed E-state index contributed by atoms with van der Waals surface area (Å²) in [5, 5.41) is 5.92. The Bertz CT molecular complexity index is 1460. The van der Waals surface area contributed by atoms with Gasteiger partial charge >= 0.3 is 12.1 Å². The summed E-state index contributed by atoms with van der Waals surface area (Å²) in [6.07, 6.45) is 5.77. The van der Waals surface area contributed by atoms with Gasteiger partial charge in [0.1, 0.15) is 12.6 Å². The van der Waals surface area contributed by atoms with E-state index < -0.39 is 12.1 Å². The van der Waals surface area contributed by atoms with Gasteiger partial charge < -0.3 is 25.0 Å². The summed E-state index contributed by atoms with van der Waals surface area (Å²) in [6.45, 7) is 0.621. The van der Waals surface area contributed by atoms with Gasteiger partial charge in [0.15, 0.2) is 5.78 Å². The number of hydrogen-bond donors (Lipinski definition) is 2. The summed E-state index contributed by atoms with van der Waals surface area (Å²) in [5.74, 6) is -0.131. The van der Waals surface area contributed by atoms with Gasteiger partial charge in [0, 0.05) is 43.9 Å². The van der Waals surface area contributed by atoms with Crippen molar-refractivity contribution < 1.29 is 28.2 Å². The third-order valence-corrected chi connectivity index (χ3v) is 9.02. The van der Waals surface area contributed by atoms with Gasteiger partial charge in [-0.3, -0.25) is 19.2 Å². The number of rotatable bonds is 18. The number of nitrogens with one attached hydrogen (secondary N) is 2. The SMILES string of the molecule is CF.COC[C@H](NC(=O)N(C)Cc1cncs1)C(=O)C[C@H](CC[C@H](Cc1ccccc1)NC(=O)OCc1cncs1)Cc1ccccc1. The van der Waals surface area contributed by atoms with Gasteiger partial charge in [0.05, 0.1) is 36.2 Å². The molecule has 2 heterocycles. The lowest BCUT2D eigenvalue weighted by atomic mass is 9.86. The average molecular weight is 698 g/mol. The first-order valence-electron chi connectivity index (χ1n) is 15.6. The summed E-state index contributed by atoms with van der Waals surface area (Å²) in [6, 6.07) is 18.7. The maximum atomic E-state index is 13.7. The van der Waals surface area contributed by atoms with Crippen molar-refractivity contribution in [3.63, 3.8) is 0 Å². The van der Waals surface area contributed by atoms with Gasteiger partial charge in [-0.1, -0.05) is 60.7 Å². The number of benzene rings is 2. The van der Waals surface area contributed by atoms with Crippen molar-refractivity contribution in [3.05, 3.63) is 105 Å². The summed E-state index contributed by atoms with van der Waals surface area (Å²) in [7, 11) is 3.70. The zero-order valence-corrected chi connectivity index (χ0v) is 29.2. The second-order valence-corrected chi connectivity index (χ2v) is 13.1. The van der Waals surface area contributed by atoms with Crippen LogP contribution in [-0.2, 0) is 40.3 Å². The van der Waals surface area contributed by atoms with E-state index in [0.717, 1.165) is 20.9 Å². The molecule has 3 amide bonds. The Hall–Kier alpha value is -4.20. The van der Waals surface area contributed by atoms with Crippen molar-refractivity contribution in [1.29, 1.82) is 0 Å². The normalized spacial score (nSPS) is 12.5. The predicted molar refractivity (Wildman–Crippen MR) is 187 cm³/mol. The molecule has 2 aromatic heterocycles. The molecule has 10 nitrogen and oxygen atoms in total. The quantitative estimate of drug-likeness (QED) is 0.122. The molecule has 13 heteroatoms. The number of aromatic nitrogens is 2. The van der Waals surface area contributed by atoms with Crippen molar-refractivity contribution in [3.8, 4) is 0 Å². The number of methoxy groups -OCH3 is 1. The Labute approximate surface area is 289 Å². The maximum Gasteiger partial charge on any atom is 0.407 e. The molecule has 0 saturated carbocycles. The van der Waals surface area contributed by atoms with E-state index in [1.807, 2.05) is 48.5 Å². The molecule has 0 aliphatic heterocycles. The Kier molecular flexibility index (Phi) is 17.2. The highest BCUT2D eigenvalue weighted by Crippen LogP contribution is 2.22. The van der Waals surface area contributed by atoms with Crippen LogP contribution in [0.2, 0.25) is 0 Å². The minimum absolute atomic E-state index is 0.0330. The third kappa shape index (κ3) is 13.9. The van der Waals surface area contributed by atoms with Crippen molar-refractivity contribution in [2.45, 2.75) is 57.3 Å². The van der Waals surface area contributed by atoms with Crippen LogP contribution in [0, 0.1) is 5.92 Å². The lowest BCUT2D eigenvalue weighted by Crippen LogP contribution is -2.49. The van der Waals surface area contributed by atoms with E-state index in [1.54, 1.807) is 30.5 Å². The zero-order valence-electron chi connectivity index (χ0n) is 27.5. The number of amides is 3. The van der Waals surface area contributed by atoms with Crippen molar-refractivity contribution >= 4 is 40.6 Å². The monoisotopic (exact) mass is 697 g/mol. The highest BCUT2D eigenvalue weighted by molar-refractivity contribution is 7.09. The number of alkyl halides is 1. The minimum Gasteiger partial charge on any atom is -0.444 e. The summed E-state index contributed by atoms with van der Waals surface area (Å²) in [4.78, 5) is 50.9. The topological polar surface area (TPSA) is 123 Å². The molecule has 2 aromatic carbocycles. The van der Waals surface area contributed by atoms with E-state index in [9.17, 15) is 18.8 Å². The van der Waals surface area contributed by atoms with Crippen LogP contribution in [0.25, 0.3) is 0 Å². The Morgan fingerprint density at radius 2 is 1.46 bits per heavy atom. The van der Waals surface area contributed by atoms with Gasteiger partial charge in [-0.2, -0.15) is 0 Å². The summed E-state index contributed by atoms with van der Waals surface area (Å²) >= 11 is 2.90. The van der Waals surface area contributed by atoms with Gasteiger partial charge in [-0.05, 0) is 42.7 Å². The molecule has 0 spiro atoms. The molecule has 2 N–H and O–H groups in total. The molecular weight excluding hydrogens is 654 g/mol. The fraction of sp³-hybridized carbons (Fsp3) is 0.400. The van der Waals surface area contributed by atoms with Crippen LogP contribution in [0.1, 0.15) is 40.1 Å². The highest BCUT2D eigenvalue weighted by atomic mass is 32.1. The van der Waals surface area contributed by atoms with Crippen LogP contribution in [0.5, 0.6) is 0 Å². The first kappa shape index (κ1) is 38.2. The largest absolute Gasteiger partial charge is 0.444 e. The lowest BCUT2D eigenvalue weighted by molar-refractivity contribution is -0.123. The van der Waals surface area contributed by atoms with E-state index in [4.69, 9.17) is 9.47 Å². The molecule has 4 aromatic rings. The Balaban J connectivity index is 0.00000307. The number of nitrogens with zero attached hydrogens (tertiary/aromatic N) is 3. The predicted octanol–water partition coefficient (Wildman–Crippen LogP) is 6.48. The smallest absolute Gasteiger partial charge is 0.407 e. The molecule has 48 heavy (non-hydrogen) atoms. The van der Waals surface area contributed by atoms with E-state index >= 15 is 0 Å². The second kappa shape index (κ2) is 21.6. The molecule has 3 atom stereocenters.